The molecule has 0 fully saturated rings. The van der Waals surface area contributed by atoms with Crippen LogP contribution in [-0.2, 0) is 21.4 Å². The number of thiophene rings is 1. The van der Waals surface area contributed by atoms with Crippen molar-refractivity contribution in [2.24, 2.45) is 0 Å². The zero-order valence-corrected chi connectivity index (χ0v) is 29.4. The molecule has 0 radical (unpaired) electrons. The molecule has 0 saturated carbocycles. The third kappa shape index (κ3) is 11.0. The van der Waals surface area contributed by atoms with Gasteiger partial charge in [0.05, 0.1) is 18.1 Å². The summed E-state index contributed by atoms with van der Waals surface area (Å²) in [6, 6.07) is 16.2. The van der Waals surface area contributed by atoms with Crippen LogP contribution in [0, 0.1) is 0 Å². The number of aromatic nitrogens is 2. The number of unbranched alkanes of at least 4 members (excludes halogenated alkanes) is 4. The number of carboxylic acids is 1. The van der Waals surface area contributed by atoms with Gasteiger partial charge in [-0.3, -0.25) is 9.59 Å². The fourth-order valence-corrected chi connectivity index (χ4v) is 6.02. The Morgan fingerprint density at radius 2 is 1.47 bits per heavy atom. The Morgan fingerprint density at radius 3 is 2.06 bits per heavy atom. The molecule has 2 aromatic heterocycles. The average molecular weight is 687 g/mol. The lowest BCUT2D eigenvalue weighted by molar-refractivity contribution is -0.143. The zero-order chi connectivity index (χ0) is 35.4. The molecular weight excluding hydrogens is 641 g/mol. The first kappa shape index (κ1) is 37.2. The highest BCUT2D eigenvalue weighted by molar-refractivity contribution is 7.14. The number of hydrogen-bond acceptors (Lipinski definition) is 8. The highest BCUT2D eigenvalue weighted by Gasteiger charge is 2.28. The fraction of sp³-hybridized carbons (Fsp3) is 0.395. The van der Waals surface area contributed by atoms with E-state index in [9.17, 15) is 24.6 Å². The van der Waals surface area contributed by atoms with Gasteiger partial charge >= 0.3 is 5.97 Å². The molecule has 0 aliphatic heterocycles. The van der Waals surface area contributed by atoms with E-state index < -0.39 is 36.5 Å². The molecule has 2 atom stereocenters. The lowest BCUT2D eigenvalue weighted by atomic mass is 9.95. The van der Waals surface area contributed by atoms with Gasteiger partial charge in [0.2, 0.25) is 5.91 Å². The molecule has 4 N–H and O–H groups in total. The summed E-state index contributed by atoms with van der Waals surface area (Å²) in [6.45, 7) is 8.28. The van der Waals surface area contributed by atoms with E-state index >= 15 is 0 Å². The Morgan fingerprint density at radius 1 is 0.816 bits per heavy atom. The Bertz CT molecular complexity index is 1660. The zero-order valence-electron chi connectivity index (χ0n) is 28.6. The molecule has 260 valence electrons. The summed E-state index contributed by atoms with van der Waals surface area (Å²) < 4.78 is 5.88. The number of nitrogens with zero attached hydrogens (tertiary/aromatic N) is 2. The first-order chi connectivity index (χ1) is 23.5. The highest BCUT2D eigenvalue weighted by Crippen LogP contribution is 2.29. The van der Waals surface area contributed by atoms with Crippen LogP contribution < -0.4 is 15.4 Å². The summed E-state index contributed by atoms with van der Waals surface area (Å²) in [5.74, 6) is -1.17. The van der Waals surface area contributed by atoms with Gasteiger partial charge in [-0.15, -0.1) is 11.3 Å². The molecule has 2 amide bonds. The SMILES string of the molecule is CCCCCCCOc1ccc(-c2cnc(-c3ccc(C[C@H](NC(=O)c4ccc(C(C)(C)C)s4)C(=O)N[C@@H](CO)C(=O)O)cc3)nc2)cc1. The summed E-state index contributed by atoms with van der Waals surface area (Å²) in [5, 5.41) is 23.9. The van der Waals surface area contributed by atoms with E-state index in [1.165, 1.54) is 37.0 Å². The Kier molecular flexibility index (Phi) is 13.4. The summed E-state index contributed by atoms with van der Waals surface area (Å²) >= 11 is 1.34. The standard InChI is InChI=1S/C38H46N4O6S/c1-5-6-7-8-9-20-48-29-16-14-26(15-17-29)28-22-39-34(40-23-28)27-12-10-25(11-13-27)21-30(35(44)42-31(24-43)37(46)47)41-36(45)32-18-19-33(49-32)38(2,3)4/h10-19,22-23,30-31,43H,5-9,20-21,24H2,1-4H3,(H,41,45)(H,42,44)(H,46,47)/t30-,31-/m0/s1. The maximum absolute atomic E-state index is 13.2. The first-order valence-electron chi connectivity index (χ1n) is 16.7. The first-order valence-corrected chi connectivity index (χ1v) is 17.5. The number of nitrogens with one attached hydrogen (secondary N) is 2. The fourth-order valence-electron chi connectivity index (χ4n) is 5.05. The van der Waals surface area contributed by atoms with Gasteiger partial charge in [0.15, 0.2) is 5.82 Å². The largest absolute Gasteiger partial charge is 0.494 e. The number of aliphatic hydroxyl groups excluding tert-OH is 1. The number of carboxylic acid groups (broad SMARTS) is 1. The second-order valence-electron chi connectivity index (χ2n) is 13.0. The number of amides is 2. The molecule has 0 bridgehead atoms. The van der Waals surface area contributed by atoms with E-state index in [4.69, 9.17) is 4.74 Å². The predicted octanol–water partition coefficient (Wildman–Crippen LogP) is 6.42. The number of ether oxygens (including phenoxy) is 1. The number of aliphatic carboxylic acids is 1. The van der Waals surface area contributed by atoms with E-state index in [1.54, 1.807) is 18.5 Å². The van der Waals surface area contributed by atoms with Gasteiger partial charge in [-0.2, -0.15) is 0 Å². The third-order valence-corrected chi connectivity index (χ3v) is 9.51. The van der Waals surface area contributed by atoms with Crippen LogP contribution in [-0.4, -0.2) is 63.3 Å². The minimum absolute atomic E-state index is 0.0888. The molecule has 0 unspecified atom stereocenters. The van der Waals surface area contributed by atoms with Crippen molar-refractivity contribution >= 4 is 29.1 Å². The lowest BCUT2D eigenvalue weighted by Crippen LogP contribution is -2.53. The topological polar surface area (TPSA) is 151 Å². The van der Waals surface area contributed by atoms with Crippen molar-refractivity contribution in [3.63, 3.8) is 0 Å². The molecule has 10 nitrogen and oxygen atoms in total. The van der Waals surface area contributed by atoms with Crippen LogP contribution in [0.1, 0.15) is 79.9 Å². The molecule has 49 heavy (non-hydrogen) atoms. The van der Waals surface area contributed by atoms with Crippen LogP contribution in [0.25, 0.3) is 22.5 Å². The van der Waals surface area contributed by atoms with Gasteiger partial charge in [-0.05, 0) is 47.2 Å². The summed E-state index contributed by atoms with van der Waals surface area (Å²) in [4.78, 5) is 48.4. The van der Waals surface area contributed by atoms with Crippen LogP contribution in [0.2, 0.25) is 0 Å². The molecule has 2 aromatic carbocycles. The van der Waals surface area contributed by atoms with E-state index in [1.807, 2.05) is 75.4 Å². The van der Waals surface area contributed by atoms with Gasteiger partial charge in [0.1, 0.15) is 17.8 Å². The number of benzene rings is 2. The molecule has 0 aliphatic rings. The minimum Gasteiger partial charge on any atom is -0.494 e. The van der Waals surface area contributed by atoms with Crippen molar-refractivity contribution < 1.29 is 29.3 Å². The van der Waals surface area contributed by atoms with Crippen LogP contribution in [0.15, 0.2) is 73.1 Å². The summed E-state index contributed by atoms with van der Waals surface area (Å²) in [7, 11) is 0. The number of rotatable bonds is 17. The maximum atomic E-state index is 13.2. The van der Waals surface area contributed by atoms with Gasteiger partial charge in [0.25, 0.3) is 5.91 Å². The van der Waals surface area contributed by atoms with Gasteiger partial charge < -0.3 is 25.6 Å². The number of carbonyl (C=O) groups excluding carboxylic acids is 2. The highest BCUT2D eigenvalue weighted by atomic mass is 32.1. The van der Waals surface area contributed by atoms with Crippen molar-refractivity contribution in [3.05, 3.63) is 88.4 Å². The normalized spacial score (nSPS) is 12.6. The lowest BCUT2D eigenvalue weighted by Gasteiger charge is -2.21. The van der Waals surface area contributed by atoms with Crippen molar-refractivity contribution in [2.45, 2.75) is 83.7 Å². The van der Waals surface area contributed by atoms with E-state index in [0.717, 1.165) is 39.3 Å². The predicted molar refractivity (Wildman–Crippen MR) is 192 cm³/mol. The number of hydrogen-bond donors (Lipinski definition) is 4. The van der Waals surface area contributed by atoms with Gasteiger partial charge in [-0.25, -0.2) is 14.8 Å². The third-order valence-electron chi connectivity index (χ3n) is 8.00. The Labute approximate surface area is 292 Å². The van der Waals surface area contributed by atoms with Crippen LogP contribution in [0.3, 0.4) is 0 Å². The minimum atomic E-state index is -1.50. The Hall–Kier alpha value is -4.61. The van der Waals surface area contributed by atoms with Crippen molar-refractivity contribution in [2.75, 3.05) is 13.2 Å². The monoisotopic (exact) mass is 686 g/mol. The van der Waals surface area contributed by atoms with Crippen molar-refractivity contribution in [1.29, 1.82) is 0 Å². The molecule has 4 rings (SSSR count). The number of aliphatic hydroxyl groups is 1. The molecule has 0 spiro atoms. The second-order valence-corrected chi connectivity index (χ2v) is 14.1. The van der Waals surface area contributed by atoms with Crippen molar-refractivity contribution in [1.82, 2.24) is 20.6 Å². The molecule has 0 aliphatic carbocycles. The molecule has 11 heteroatoms. The quantitative estimate of drug-likeness (QED) is 0.0930. The average Bonchev–Trinajstić information content (AvgIpc) is 3.61. The summed E-state index contributed by atoms with van der Waals surface area (Å²) in [5.41, 5.74) is 3.20. The smallest absolute Gasteiger partial charge is 0.328 e. The van der Waals surface area contributed by atoms with Crippen LogP contribution >= 0.6 is 11.3 Å². The van der Waals surface area contributed by atoms with Crippen LogP contribution in [0.4, 0.5) is 0 Å². The number of carbonyl (C=O) groups is 3. The molecule has 0 saturated heterocycles. The van der Waals surface area contributed by atoms with Crippen molar-refractivity contribution in [3.8, 4) is 28.3 Å². The van der Waals surface area contributed by atoms with Crippen LogP contribution in [0.5, 0.6) is 5.75 Å². The Balaban J connectivity index is 1.41. The van der Waals surface area contributed by atoms with Gasteiger partial charge in [-0.1, -0.05) is 89.8 Å². The molecule has 4 aromatic rings. The second kappa shape index (κ2) is 17.7. The van der Waals surface area contributed by atoms with E-state index in [2.05, 4.69) is 27.5 Å². The van der Waals surface area contributed by atoms with Gasteiger partial charge in [0, 0.05) is 34.8 Å². The van der Waals surface area contributed by atoms with E-state index in [0.29, 0.717) is 17.3 Å². The summed E-state index contributed by atoms with van der Waals surface area (Å²) in [6.07, 6.45) is 9.60. The molecule has 2 heterocycles. The molecular formula is C38H46N4O6S. The van der Waals surface area contributed by atoms with E-state index in [-0.39, 0.29) is 11.8 Å². The maximum Gasteiger partial charge on any atom is 0.328 e.